The van der Waals surface area contributed by atoms with Crippen molar-refractivity contribution in [2.24, 2.45) is 0 Å². The van der Waals surface area contributed by atoms with E-state index in [2.05, 4.69) is 15.2 Å². The van der Waals surface area contributed by atoms with E-state index in [4.69, 9.17) is 4.74 Å². The second-order valence-corrected chi connectivity index (χ2v) is 5.84. The molecule has 2 aromatic rings. The van der Waals surface area contributed by atoms with Crippen molar-refractivity contribution in [2.45, 2.75) is 6.04 Å². The standard InChI is InChI=1S/C18H20FN3O3/c19-14-4-1-3-13(11-14)16(22-7-9-25-10-8-22)12-21-18(24)15-5-2-6-20-17(15)23/h1-6,11,16H,7-10,12H2,(H,20,23)(H,21,24)/t16-/m0/s1. The van der Waals surface area contributed by atoms with Gasteiger partial charge in [-0.3, -0.25) is 14.5 Å². The van der Waals surface area contributed by atoms with Crippen LogP contribution in [0.4, 0.5) is 4.39 Å². The van der Waals surface area contributed by atoms with Crippen molar-refractivity contribution in [3.8, 4) is 0 Å². The number of benzene rings is 1. The van der Waals surface area contributed by atoms with Crippen LogP contribution >= 0.6 is 0 Å². The van der Waals surface area contributed by atoms with Gasteiger partial charge in [0, 0.05) is 25.8 Å². The second kappa shape index (κ2) is 8.04. The molecule has 1 aliphatic heterocycles. The van der Waals surface area contributed by atoms with Crippen LogP contribution in [0.15, 0.2) is 47.4 Å². The molecule has 0 radical (unpaired) electrons. The summed E-state index contributed by atoms with van der Waals surface area (Å²) in [7, 11) is 0. The zero-order valence-electron chi connectivity index (χ0n) is 13.7. The number of hydrogen-bond acceptors (Lipinski definition) is 4. The first-order valence-corrected chi connectivity index (χ1v) is 8.18. The Morgan fingerprint density at radius 3 is 2.80 bits per heavy atom. The van der Waals surface area contributed by atoms with Gasteiger partial charge in [0.1, 0.15) is 11.4 Å². The number of aromatic nitrogens is 1. The van der Waals surface area contributed by atoms with E-state index in [0.717, 1.165) is 5.56 Å². The molecule has 1 aliphatic rings. The van der Waals surface area contributed by atoms with Gasteiger partial charge in [-0.25, -0.2) is 4.39 Å². The number of rotatable bonds is 5. The quantitative estimate of drug-likeness (QED) is 0.857. The minimum atomic E-state index is -0.448. The summed E-state index contributed by atoms with van der Waals surface area (Å²) >= 11 is 0. The van der Waals surface area contributed by atoms with Gasteiger partial charge < -0.3 is 15.0 Å². The summed E-state index contributed by atoms with van der Waals surface area (Å²) < 4.78 is 19.0. The van der Waals surface area contributed by atoms with E-state index >= 15 is 0 Å². The van der Waals surface area contributed by atoms with Crippen LogP contribution in [0.3, 0.4) is 0 Å². The minimum Gasteiger partial charge on any atom is -0.379 e. The van der Waals surface area contributed by atoms with Crippen molar-refractivity contribution in [3.63, 3.8) is 0 Å². The van der Waals surface area contributed by atoms with Crippen LogP contribution in [0.5, 0.6) is 0 Å². The van der Waals surface area contributed by atoms with Crippen LogP contribution in [-0.2, 0) is 4.74 Å². The van der Waals surface area contributed by atoms with Crippen LogP contribution in [0.25, 0.3) is 0 Å². The van der Waals surface area contributed by atoms with Gasteiger partial charge in [-0.15, -0.1) is 0 Å². The van der Waals surface area contributed by atoms with Crippen molar-refractivity contribution in [2.75, 3.05) is 32.8 Å². The predicted molar refractivity (Wildman–Crippen MR) is 90.9 cm³/mol. The summed E-state index contributed by atoms with van der Waals surface area (Å²) in [5.74, 6) is -0.766. The molecule has 132 valence electrons. The van der Waals surface area contributed by atoms with E-state index < -0.39 is 11.5 Å². The average Bonchev–Trinajstić information content (AvgIpc) is 2.63. The highest BCUT2D eigenvalue weighted by Crippen LogP contribution is 2.22. The van der Waals surface area contributed by atoms with Crippen LogP contribution in [0.2, 0.25) is 0 Å². The lowest BCUT2D eigenvalue weighted by molar-refractivity contribution is 0.0162. The lowest BCUT2D eigenvalue weighted by Crippen LogP contribution is -2.44. The third-order valence-corrected chi connectivity index (χ3v) is 4.24. The molecule has 2 N–H and O–H groups in total. The third-order valence-electron chi connectivity index (χ3n) is 4.24. The monoisotopic (exact) mass is 345 g/mol. The Hall–Kier alpha value is -2.51. The van der Waals surface area contributed by atoms with Gasteiger partial charge in [0.2, 0.25) is 0 Å². The number of H-pyrrole nitrogens is 1. The fourth-order valence-electron chi connectivity index (χ4n) is 2.95. The van der Waals surface area contributed by atoms with Crippen LogP contribution in [-0.4, -0.2) is 48.6 Å². The Morgan fingerprint density at radius 1 is 1.28 bits per heavy atom. The van der Waals surface area contributed by atoms with Gasteiger partial charge in [-0.1, -0.05) is 12.1 Å². The fourth-order valence-corrected chi connectivity index (χ4v) is 2.95. The molecule has 2 heterocycles. The first kappa shape index (κ1) is 17.3. The number of halogens is 1. The number of ether oxygens (including phenoxy) is 1. The number of carbonyl (C=O) groups is 1. The highest BCUT2D eigenvalue weighted by atomic mass is 19.1. The minimum absolute atomic E-state index is 0.0578. The number of amides is 1. The summed E-state index contributed by atoms with van der Waals surface area (Å²) in [6.45, 7) is 2.86. The number of nitrogens with zero attached hydrogens (tertiary/aromatic N) is 1. The topological polar surface area (TPSA) is 74.4 Å². The molecule has 7 heteroatoms. The third kappa shape index (κ3) is 4.32. The lowest BCUT2D eigenvalue weighted by atomic mass is 10.0. The maximum atomic E-state index is 13.6. The number of carbonyl (C=O) groups excluding carboxylic acids is 1. The number of nitrogens with one attached hydrogen (secondary N) is 2. The number of pyridine rings is 1. The summed E-state index contributed by atoms with van der Waals surface area (Å²) in [6, 6.07) is 9.24. The normalized spacial score (nSPS) is 16.4. The van der Waals surface area contributed by atoms with Gasteiger partial charge in [0.25, 0.3) is 11.5 Å². The molecular weight excluding hydrogens is 325 g/mol. The Bertz CT molecular complexity index is 787. The summed E-state index contributed by atoms with van der Waals surface area (Å²) in [6.07, 6.45) is 1.47. The predicted octanol–water partition coefficient (Wildman–Crippen LogP) is 1.32. The Kier molecular flexibility index (Phi) is 5.57. The molecular formula is C18H20FN3O3. The van der Waals surface area contributed by atoms with Crippen molar-refractivity contribution in [3.05, 3.63) is 69.9 Å². The lowest BCUT2D eigenvalue weighted by Gasteiger charge is -2.34. The molecule has 1 aromatic heterocycles. The van der Waals surface area contributed by atoms with E-state index in [1.54, 1.807) is 12.1 Å². The molecule has 0 spiro atoms. The molecule has 3 rings (SSSR count). The van der Waals surface area contributed by atoms with Gasteiger partial charge in [0.05, 0.1) is 19.3 Å². The molecule has 1 atom stereocenters. The maximum absolute atomic E-state index is 13.6. The van der Waals surface area contributed by atoms with E-state index in [0.29, 0.717) is 26.3 Å². The van der Waals surface area contributed by atoms with Crippen molar-refractivity contribution < 1.29 is 13.9 Å². The van der Waals surface area contributed by atoms with Crippen LogP contribution in [0, 0.1) is 5.82 Å². The molecule has 1 saturated heterocycles. The smallest absolute Gasteiger partial charge is 0.260 e. The fraction of sp³-hybridized carbons (Fsp3) is 0.333. The molecule has 0 bridgehead atoms. The van der Waals surface area contributed by atoms with E-state index in [9.17, 15) is 14.0 Å². The molecule has 25 heavy (non-hydrogen) atoms. The Balaban J connectivity index is 1.76. The van der Waals surface area contributed by atoms with Crippen molar-refractivity contribution >= 4 is 5.91 Å². The van der Waals surface area contributed by atoms with Gasteiger partial charge in [-0.05, 0) is 29.8 Å². The van der Waals surface area contributed by atoms with Crippen LogP contribution < -0.4 is 10.9 Å². The summed E-state index contributed by atoms with van der Waals surface area (Å²) in [5, 5.41) is 2.79. The molecule has 0 saturated carbocycles. The largest absolute Gasteiger partial charge is 0.379 e. The number of aromatic amines is 1. The maximum Gasteiger partial charge on any atom is 0.260 e. The second-order valence-electron chi connectivity index (χ2n) is 5.84. The van der Waals surface area contributed by atoms with E-state index in [1.807, 2.05) is 6.07 Å². The SMILES string of the molecule is O=C(NC[C@@H](c1cccc(F)c1)N1CCOCC1)c1ccc[nH]c1=O. The molecule has 1 fully saturated rings. The van der Waals surface area contributed by atoms with Gasteiger partial charge >= 0.3 is 0 Å². The molecule has 0 unspecified atom stereocenters. The van der Waals surface area contributed by atoms with Crippen LogP contribution in [0.1, 0.15) is 22.0 Å². The summed E-state index contributed by atoms with van der Waals surface area (Å²) in [5.41, 5.74) is 0.403. The van der Waals surface area contributed by atoms with Gasteiger partial charge in [0.15, 0.2) is 0 Å². The summed E-state index contributed by atoms with van der Waals surface area (Å²) in [4.78, 5) is 28.7. The van der Waals surface area contributed by atoms with Crippen molar-refractivity contribution in [1.82, 2.24) is 15.2 Å². The Labute approximate surface area is 144 Å². The first-order chi connectivity index (χ1) is 12.1. The molecule has 1 amide bonds. The number of morpholine rings is 1. The Morgan fingerprint density at radius 2 is 2.08 bits per heavy atom. The highest BCUT2D eigenvalue weighted by molar-refractivity contribution is 5.93. The zero-order valence-corrected chi connectivity index (χ0v) is 13.7. The van der Waals surface area contributed by atoms with E-state index in [1.165, 1.54) is 24.4 Å². The number of hydrogen-bond donors (Lipinski definition) is 2. The van der Waals surface area contributed by atoms with Crippen molar-refractivity contribution in [1.29, 1.82) is 0 Å². The molecule has 6 nitrogen and oxygen atoms in total. The zero-order chi connectivity index (χ0) is 17.6. The first-order valence-electron chi connectivity index (χ1n) is 8.18. The highest BCUT2D eigenvalue weighted by Gasteiger charge is 2.24. The van der Waals surface area contributed by atoms with Gasteiger partial charge in [-0.2, -0.15) is 0 Å². The molecule has 0 aliphatic carbocycles. The van der Waals surface area contributed by atoms with E-state index in [-0.39, 0.29) is 24.0 Å². The average molecular weight is 345 g/mol. The molecule has 1 aromatic carbocycles.